The van der Waals surface area contributed by atoms with E-state index in [2.05, 4.69) is 81.9 Å². The minimum absolute atomic E-state index is 1.11. The molecule has 2 aromatic rings. The predicted octanol–water partition coefficient (Wildman–Crippen LogP) is 4.65. The Hall–Kier alpha value is -1.89. The summed E-state index contributed by atoms with van der Waals surface area (Å²) < 4.78 is 2.21. The van der Waals surface area contributed by atoms with Crippen molar-refractivity contribution in [1.82, 2.24) is 0 Å². The zero-order chi connectivity index (χ0) is 14.7. The maximum atomic E-state index is 2.28. The van der Waals surface area contributed by atoms with Gasteiger partial charge in [-0.05, 0) is 44.4 Å². The van der Waals surface area contributed by atoms with Crippen LogP contribution in [0.3, 0.4) is 0 Å². The van der Waals surface area contributed by atoms with Crippen LogP contribution in [0.5, 0.6) is 0 Å². The van der Waals surface area contributed by atoms with Crippen molar-refractivity contribution in [2.75, 3.05) is 0 Å². The normalized spacial score (nSPS) is 12.6. The van der Waals surface area contributed by atoms with Crippen LogP contribution in [0.1, 0.15) is 37.0 Å². The predicted molar refractivity (Wildman–Crippen MR) is 87.7 cm³/mol. The fourth-order valence-electron chi connectivity index (χ4n) is 2.56. The number of nitrogens with zero attached hydrogens (tertiary/aromatic N) is 1. The molecule has 0 saturated heterocycles. The Balaban J connectivity index is 2.56. The third-order valence-electron chi connectivity index (χ3n) is 3.98. The first-order valence-corrected chi connectivity index (χ1v) is 7.27. The molecule has 0 spiro atoms. The molecule has 0 fully saturated rings. The van der Waals surface area contributed by atoms with Crippen LogP contribution in [-0.2, 0) is 7.05 Å². The van der Waals surface area contributed by atoms with E-state index in [1.54, 1.807) is 0 Å². The number of pyridine rings is 1. The molecule has 1 aromatic heterocycles. The van der Waals surface area contributed by atoms with Crippen LogP contribution < -0.4 is 4.57 Å². The lowest BCUT2D eigenvalue weighted by molar-refractivity contribution is -0.645. The number of aromatic nitrogens is 1. The lowest BCUT2D eigenvalue weighted by atomic mass is 9.99. The van der Waals surface area contributed by atoms with Gasteiger partial charge in [0, 0.05) is 17.0 Å². The molecular weight excluding hydrogens is 242 g/mol. The van der Waals surface area contributed by atoms with Gasteiger partial charge in [-0.1, -0.05) is 36.8 Å². The van der Waals surface area contributed by atoms with Crippen LogP contribution in [0.15, 0.2) is 42.1 Å². The van der Waals surface area contributed by atoms with Crippen LogP contribution in [0.2, 0.25) is 0 Å². The van der Waals surface area contributed by atoms with Crippen LogP contribution >= 0.6 is 0 Å². The molecule has 0 unspecified atom stereocenters. The standard InChI is InChI=1S/C19H24N/c1-6-14(2)9-7-10-17-13-15(3)18-11-8-12-20(5)19(18)16(17)4/h7-13H,6H2,1-5H3/q+1/b10-7-,14-9?. The van der Waals surface area contributed by atoms with Crippen LogP contribution in [0.4, 0.5) is 0 Å². The van der Waals surface area contributed by atoms with Gasteiger partial charge in [0.05, 0.1) is 0 Å². The summed E-state index contributed by atoms with van der Waals surface area (Å²) in [6.07, 6.45) is 9.80. The molecule has 0 amide bonds. The molecule has 0 aliphatic rings. The number of allylic oxidation sites excluding steroid dienone is 3. The SMILES string of the molecule is CCC(C)=C/C=C\c1cc(C)c2ccc[n+](C)c2c1C. The summed E-state index contributed by atoms with van der Waals surface area (Å²) in [4.78, 5) is 0. The van der Waals surface area contributed by atoms with Crippen LogP contribution in [-0.4, -0.2) is 0 Å². The van der Waals surface area contributed by atoms with Gasteiger partial charge in [-0.15, -0.1) is 0 Å². The van der Waals surface area contributed by atoms with Gasteiger partial charge in [0.2, 0.25) is 5.52 Å². The number of rotatable bonds is 3. The van der Waals surface area contributed by atoms with Gasteiger partial charge < -0.3 is 0 Å². The van der Waals surface area contributed by atoms with E-state index in [1.807, 2.05) is 0 Å². The maximum absolute atomic E-state index is 2.28. The van der Waals surface area contributed by atoms with Gasteiger partial charge in [0.1, 0.15) is 7.05 Å². The number of hydrogen-bond acceptors (Lipinski definition) is 0. The number of hydrogen-bond donors (Lipinski definition) is 0. The summed E-state index contributed by atoms with van der Waals surface area (Å²) in [5.41, 5.74) is 6.70. The Morgan fingerprint density at radius 3 is 2.75 bits per heavy atom. The molecule has 0 radical (unpaired) electrons. The van der Waals surface area contributed by atoms with Gasteiger partial charge in [0.15, 0.2) is 6.20 Å². The highest BCUT2D eigenvalue weighted by atomic mass is 14.9. The zero-order valence-corrected chi connectivity index (χ0v) is 13.2. The van der Waals surface area contributed by atoms with Crippen molar-refractivity contribution in [2.45, 2.75) is 34.1 Å². The Bertz CT molecular complexity index is 690. The monoisotopic (exact) mass is 266 g/mol. The van der Waals surface area contributed by atoms with Crippen molar-refractivity contribution in [1.29, 1.82) is 0 Å². The smallest absolute Gasteiger partial charge is 0.201 e. The van der Waals surface area contributed by atoms with E-state index < -0.39 is 0 Å². The third-order valence-corrected chi connectivity index (χ3v) is 3.98. The van der Waals surface area contributed by atoms with Crippen molar-refractivity contribution in [3.63, 3.8) is 0 Å². The highest BCUT2D eigenvalue weighted by Gasteiger charge is 2.12. The molecule has 2 rings (SSSR count). The molecule has 0 atom stereocenters. The van der Waals surface area contributed by atoms with Gasteiger partial charge in [-0.3, -0.25) is 0 Å². The molecule has 0 saturated carbocycles. The van der Waals surface area contributed by atoms with Gasteiger partial charge in [-0.25, -0.2) is 4.57 Å². The molecule has 0 aliphatic heterocycles. The van der Waals surface area contributed by atoms with E-state index in [0.717, 1.165) is 6.42 Å². The summed E-state index contributed by atoms with van der Waals surface area (Å²) in [5.74, 6) is 0. The van der Waals surface area contributed by atoms with E-state index in [0.29, 0.717) is 0 Å². The Kier molecular flexibility index (Phi) is 4.39. The lowest BCUT2D eigenvalue weighted by Gasteiger charge is -2.07. The van der Waals surface area contributed by atoms with Crippen molar-refractivity contribution < 1.29 is 4.57 Å². The van der Waals surface area contributed by atoms with E-state index in [1.165, 1.54) is 33.2 Å². The van der Waals surface area contributed by atoms with Gasteiger partial charge in [0.25, 0.3) is 0 Å². The first-order chi connectivity index (χ1) is 9.54. The summed E-state index contributed by atoms with van der Waals surface area (Å²) in [5, 5.41) is 1.34. The molecular formula is C19H24N+. The van der Waals surface area contributed by atoms with Crippen molar-refractivity contribution in [3.05, 3.63) is 58.8 Å². The maximum Gasteiger partial charge on any atom is 0.216 e. The van der Waals surface area contributed by atoms with Crippen molar-refractivity contribution in [3.8, 4) is 0 Å². The second-order valence-electron chi connectivity index (χ2n) is 5.51. The second-order valence-corrected chi connectivity index (χ2v) is 5.51. The highest BCUT2D eigenvalue weighted by Crippen LogP contribution is 2.23. The molecule has 1 aromatic carbocycles. The first-order valence-electron chi connectivity index (χ1n) is 7.27. The average molecular weight is 266 g/mol. The molecule has 1 heteroatoms. The minimum atomic E-state index is 1.11. The molecule has 1 heterocycles. The minimum Gasteiger partial charge on any atom is -0.201 e. The molecule has 104 valence electrons. The topological polar surface area (TPSA) is 3.88 Å². The number of aryl methyl sites for hydroxylation is 3. The van der Waals surface area contributed by atoms with Crippen LogP contribution in [0, 0.1) is 13.8 Å². The summed E-state index contributed by atoms with van der Waals surface area (Å²) in [7, 11) is 2.11. The fraction of sp³-hybridized carbons (Fsp3) is 0.316. The third kappa shape index (κ3) is 2.82. The van der Waals surface area contributed by atoms with Crippen molar-refractivity contribution in [2.24, 2.45) is 7.05 Å². The van der Waals surface area contributed by atoms with E-state index in [4.69, 9.17) is 0 Å². The lowest BCUT2D eigenvalue weighted by Crippen LogP contribution is -2.29. The van der Waals surface area contributed by atoms with E-state index in [-0.39, 0.29) is 0 Å². The van der Waals surface area contributed by atoms with Crippen LogP contribution in [0.25, 0.3) is 17.0 Å². The molecule has 1 nitrogen and oxygen atoms in total. The summed E-state index contributed by atoms with van der Waals surface area (Å²) >= 11 is 0. The Morgan fingerprint density at radius 1 is 1.30 bits per heavy atom. The molecule has 20 heavy (non-hydrogen) atoms. The number of fused-ring (bicyclic) bond motifs is 1. The van der Waals surface area contributed by atoms with Crippen molar-refractivity contribution >= 4 is 17.0 Å². The molecule has 0 aliphatic carbocycles. The second kappa shape index (κ2) is 6.04. The average Bonchev–Trinajstić information content (AvgIpc) is 2.43. The van der Waals surface area contributed by atoms with E-state index in [9.17, 15) is 0 Å². The Morgan fingerprint density at radius 2 is 2.05 bits per heavy atom. The van der Waals surface area contributed by atoms with E-state index >= 15 is 0 Å². The molecule has 0 bridgehead atoms. The van der Waals surface area contributed by atoms with Gasteiger partial charge >= 0.3 is 0 Å². The molecule has 0 N–H and O–H groups in total. The Labute approximate surface area is 122 Å². The zero-order valence-electron chi connectivity index (χ0n) is 13.2. The fourth-order valence-corrected chi connectivity index (χ4v) is 2.56. The largest absolute Gasteiger partial charge is 0.216 e. The highest BCUT2D eigenvalue weighted by molar-refractivity contribution is 5.85. The quantitative estimate of drug-likeness (QED) is 0.562. The summed E-state index contributed by atoms with van der Waals surface area (Å²) in [6, 6.07) is 6.59. The first kappa shape index (κ1) is 14.5. The van der Waals surface area contributed by atoms with Gasteiger partial charge in [-0.2, -0.15) is 0 Å². The summed E-state index contributed by atoms with van der Waals surface area (Å²) in [6.45, 7) is 8.75. The number of benzene rings is 1.